The first-order chi connectivity index (χ1) is 15.2. The Balaban J connectivity index is 1.31. The fraction of sp³-hybridized carbons (Fsp3) is 0.320. The lowest BCUT2D eigenvalue weighted by molar-refractivity contribution is 0.0965. The van der Waals surface area contributed by atoms with Crippen molar-refractivity contribution in [1.82, 2.24) is 15.1 Å². The number of carbonyl (C=O) groups excluding carboxylic acids is 1. The molecule has 1 aliphatic carbocycles. The third-order valence-corrected chi connectivity index (χ3v) is 5.61. The Hall–Kier alpha value is -3.25. The number of aromatic nitrogens is 2. The molecule has 0 aliphatic heterocycles. The van der Waals surface area contributed by atoms with Gasteiger partial charge in [0.05, 0.1) is 6.20 Å². The molecule has 0 unspecified atom stereocenters. The van der Waals surface area contributed by atoms with Crippen LogP contribution in [0.1, 0.15) is 47.2 Å². The van der Waals surface area contributed by atoms with Gasteiger partial charge in [0.2, 0.25) is 0 Å². The topological polar surface area (TPSA) is 73.2 Å². The molecule has 160 valence electrons. The van der Waals surface area contributed by atoms with Crippen molar-refractivity contribution in [1.29, 1.82) is 0 Å². The summed E-state index contributed by atoms with van der Waals surface area (Å²) in [6.45, 7) is 1.06. The van der Waals surface area contributed by atoms with Crippen molar-refractivity contribution in [3.05, 3.63) is 93.9 Å². The maximum atomic E-state index is 12.6. The quantitative estimate of drug-likeness (QED) is 0.537. The molecule has 6 heteroatoms. The van der Waals surface area contributed by atoms with E-state index in [4.69, 9.17) is 4.74 Å². The van der Waals surface area contributed by atoms with E-state index in [2.05, 4.69) is 10.4 Å². The standard InChI is InChI=1S/C25H27N3O3/c29-24(21-12-10-19(11-13-21)15-26-22-8-4-5-9-22)17-28-25(30)14-23(16-27-28)31-18-20-6-2-1-3-7-20/h1-3,6-7,10-14,16,22,26H,4-5,8-9,15,17-18H2. The second-order valence-corrected chi connectivity index (χ2v) is 7.94. The van der Waals surface area contributed by atoms with Crippen LogP contribution in [-0.2, 0) is 19.7 Å². The number of ether oxygens (including phenoxy) is 1. The van der Waals surface area contributed by atoms with E-state index < -0.39 is 0 Å². The zero-order chi connectivity index (χ0) is 21.5. The molecule has 0 spiro atoms. The highest BCUT2D eigenvalue weighted by atomic mass is 16.5. The van der Waals surface area contributed by atoms with Crippen LogP contribution in [0.4, 0.5) is 0 Å². The first-order valence-corrected chi connectivity index (χ1v) is 10.8. The number of carbonyl (C=O) groups is 1. The molecule has 1 saturated carbocycles. The van der Waals surface area contributed by atoms with Crippen LogP contribution in [0.15, 0.2) is 71.7 Å². The van der Waals surface area contributed by atoms with E-state index in [0.717, 1.165) is 22.4 Å². The highest BCUT2D eigenvalue weighted by molar-refractivity contribution is 5.95. The van der Waals surface area contributed by atoms with Gasteiger partial charge in [0, 0.05) is 24.2 Å². The van der Waals surface area contributed by atoms with Gasteiger partial charge >= 0.3 is 0 Å². The van der Waals surface area contributed by atoms with Crippen LogP contribution in [0.2, 0.25) is 0 Å². The number of ketones is 1. The van der Waals surface area contributed by atoms with Gasteiger partial charge in [-0.2, -0.15) is 5.10 Å². The first kappa shape index (κ1) is 21.0. The third-order valence-electron chi connectivity index (χ3n) is 5.61. The van der Waals surface area contributed by atoms with Crippen molar-refractivity contribution >= 4 is 5.78 Å². The fourth-order valence-electron chi connectivity index (χ4n) is 3.78. The highest BCUT2D eigenvalue weighted by Crippen LogP contribution is 2.18. The van der Waals surface area contributed by atoms with Crippen LogP contribution in [0.3, 0.4) is 0 Å². The molecule has 1 N–H and O–H groups in total. The second-order valence-electron chi connectivity index (χ2n) is 7.94. The molecule has 0 bridgehead atoms. The third kappa shape index (κ3) is 5.89. The van der Waals surface area contributed by atoms with Crippen LogP contribution in [-0.4, -0.2) is 21.6 Å². The van der Waals surface area contributed by atoms with E-state index in [1.165, 1.54) is 37.9 Å². The minimum absolute atomic E-state index is 0.0997. The van der Waals surface area contributed by atoms with Crippen molar-refractivity contribution in [2.45, 2.75) is 51.4 Å². The van der Waals surface area contributed by atoms with E-state index in [1.807, 2.05) is 54.6 Å². The predicted octanol–water partition coefficient (Wildman–Crippen LogP) is 3.74. The Morgan fingerprint density at radius 1 is 1.03 bits per heavy atom. The van der Waals surface area contributed by atoms with Crippen LogP contribution < -0.4 is 15.6 Å². The summed E-state index contributed by atoms with van der Waals surface area (Å²) in [7, 11) is 0. The molecular formula is C25H27N3O3. The summed E-state index contributed by atoms with van der Waals surface area (Å²) < 4.78 is 6.78. The van der Waals surface area contributed by atoms with Gasteiger partial charge in [-0.25, -0.2) is 4.68 Å². The van der Waals surface area contributed by atoms with Gasteiger partial charge < -0.3 is 10.1 Å². The van der Waals surface area contributed by atoms with Crippen LogP contribution in [0.5, 0.6) is 5.75 Å². The van der Waals surface area contributed by atoms with Gasteiger partial charge in [-0.3, -0.25) is 9.59 Å². The molecule has 31 heavy (non-hydrogen) atoms. The minimum Gasteiger partial charge on any atom is -0.487 e. The van der Waals surface area contributed by atoms with Gasteiger partial charge in [-0.1, -0.05) is 67.4 Å². The van der Waals surface area contributed by atoms with Crippen molar-refractivity contribution in [2.75, 3.05) is 0 Å². The maximum absolute atomic E-state index is 12.6. The Labute approximate surface area is 181 Å². The summed E-state index contributed by atoms with van der Waals surface area (Å²) >= 11 is 0. The lowest BCUT2D eigenvalue weighted by Gasteiger charge is -2.12. The van der Waals surface area contributed by atoms with Gasteiger partial charge in [0.25, 0.3) is 5.56 Å². The maximum Gasteiger partial charge on any atom is 0.270 e. The Bertz CT molecular complexity index is 1060. The number of hydrogen-bond acceptors (Lipinski definition) is 5. The predicted molar refractivity (Wildman–Crippen MR) is 119 cm³/mol. The normalized spacial score (nSPS) is 13.9. The zero-order valence-corrected chi connectivity index (χ0v) is 17.5. The highest BCUT2D eigenvalue weighted by Gasteiger charge is 2.14. The number of nitrogens with one attached hydrogen (secondary N) is 1. The monoisotopic (exact) mass is 417 g/mol. The summed E-state index contributed by atoms with van der Waals surface area (Å²) in [6.07, 6.45) is 6.56. The average Bonchev–Trinajstić information content (AvgIpc) is 3.33. The molecule has 0 amide bonds. The molecule has 4 rings (SSSR count). The van der Waals surface area contributed by atoms with Crippen molar-refractivity contribution < 1.29 is 9.53 Å². The van der Waals surface area contributed by atoms with E-state index >= 15 is 0 Å². The second kappa shape index (κ2) is 10.2. The molecule has 3 aromatic rings. The van der Waals surface area contributed by atoms with E-state index in [1.54, 1.807) is 0 Å². The van der Waals surface area contributed by atoms with E-state index in [-0.39, 0.29) is 17.9 Å². The Kier molecular flexibility index (Phi) is 6.89. The van der Waals surface area contributed by atoms with Crippen LogP contribution in [0, 0.1) is 0 Å². The summed E-state index contributed by atoms with van der Waals surface area (Å²) in [5.74, 6) is 0.236. The fourth-order valence-corrected chi connectivity index (χ4v) is 3.78. The molecular weight excluding hydrogens is 390 g/mol. The summed E-state index contributed by atoms with van der Waals surface area (Å²) in [5.41, 5.74) is 2.36. The lowest BCUT2D eigenvalue weighted by atomic mass is 10.1. The molecule has 1 aliphatic rings. The number of rotatable bonds is 9. The van der Waals surface area contributed by atoms with Crippen LogP contribution in [0.25, 0.3) is 0 Å². The first-order valence-electron chi connectivity index (χ1n) is 10.8. The number of benzene rings is 2. The van der Waals surface area contributed by atoms with Crippen molar-refractivity contribution in [3.8, 4) is 5.75 Å². The largest absolute Gasteiger partial charge is 0.487 e. The average molecular weight is 418 g/mol. The minimum atomic E-state index is -0.365. The molecule has 1 aromatic heterocycles. The van der Waals surface area contributed by atoms with Crippen molar-refractivity contribution in [2.24, 2.45) is 0 Å². The number of Topliss-reactive ketones (excluding diaryl/α,β-unsaturated/α-hetero) is 1. The molecule has 1 heterocycles. The zero-order valence-electron chi connectivity index (χ0n) is 17.5. The Morgan fingerprint density at radius 3 is 2.48 bits per heavy atom. The molecule has 6 nitrogen and oxygen atoms in total. The van der Waals surface area contributed by atoms with Gasteiger partial charge in [-0.05, 0) is 24.0 Å². The summed E-state index contributed by atoms with van der Waals surface area (Å²) in [6, 6.07) is 19.2. The molecule has 0 saturated heterocycles. The number of nitrogens with zero attached hydrogens (tertiary/aromatic N) is 2. The Morgan fingerprint density at radius 2 is 1.77 bits per heavy atom. The van der Waals surface area contributed by atoms with Gasteiger partial charge in [0.15, 0.2) is 5.78 Å². The van der Waals surface area contributed by atoms with E-state index in [9.17, 15) is 9.59 Å². The molecule has 0 radical (unpaired) electrons. The summed E-state index contributed by atoms with van der Waals surface area (Å²) in [4.78, 5) is 24.9. The lowest BCUT2D eigenvalue weighted by Crippen LogP contribution is -2.26. The summed E-state index contributed by atoms with van der Waals surface area (Å²) in [5, 5.41) is 7.66. The smallest absolute Gasteiger partial charge is 0.270 e. The molecule has 1 fully saturated rings. The molecule has 0 atom stereocenters. The van der Waals surface area contributed by atoms with Gasteiger partial charge in [0.1, 0.15) is 18.9 Å². The van der Waals surface area contributed by atoms with E-state index in [0.29, 0.717) is 24.0 Å². The SMILES string of the molecule is O=C(Cn1ncc(OCc2ccccc2)cc1=O)c1ccc(CNC2CCCC2)cc1. The molecule has 2 aromatic carbocycles. The number of hydrogen-bond donors (Lipinski definition) is 1. The van der Waals surface area contributed by atoms with Crippen LogP contribution >= 0.6 is 0 Å². The van der Waals surface area contributed by atoms with Gasteiger partial charge in [-0.15, -0.1) is 0 Å². The van der Waals surface area contributed by atoms with Crippen molar-refractivity contribution in [3.63, 3.8) is 0 Å².